The third-order valence-electron chi connectivity index (χ3n) is 15.8. The molecule has 70 heavy (non-hydrogen) atoms. The van der Waals surface area contributed by atoms with Crippen molar-refractivity contribution in [3.05, 3.63) is 58.0 Å². The highest BCUT2D eigenvalue weighted by Gasteiger charge is 2.51. The Balaban J connectivity index is 1.19. The van der Waals surface area contributed by atoms with Gasteiger partial charge in [0.25, 0.3) is 11.7 Å². The maximum Gasteiger partial charge on any atom is 0.407 e. The molecule has 2 amide bonds. The van der Waals surface area contributed by atoms with Crippen LogP contribution in [0, 0.1) is 36.5 Å². The number of nitrogens with one attached hydrogen (secondary N) is 2. The van der Waals surface area contributed by atoms with E-state index in [2.05, 4.69) is 39.3 Å². The van der Waals surface area contributed by atoms with E-state index in [9.17, 15) is 34.8 Å². The Morgan fingerprint density at radius 2 is 1.61 bits per heavy atom. The molecule has 1 aliphatic carbocycles. The van der Waals surface area contributed by atoms with Crippen LogP contribution < -0.4 is 26.1 Å². The minimum absolute atomic E-state index is 0.0564. The Bertz CT molecular complexity index is 2580. The summed E-state index contributed by atoms with van der Waals surface area (Å²) in [6.07, 6.45) is 8.44. The van der Waals surface area contributed by atoms with Crippen molar-refractivity contribution >= 4 is 34.2 Å². The average Bonchev–Trinajstić information content (AvgIpc) is 4.07. The number of phenolic OH excluding ortho intramolecular Hbond substituents is 2. The molecule has 2 aromatic rings. The summed E-state index contributed by atoms with van der Waals surface area (Å²) < 4.78 is 24.8. The van der Waals surface area contributed by atoms with Gasteiger partial charge in [-0.05, 0) is 51.5 Å². The molecule has 1 saturated carbocycles. The Morgan fingerprint density at radius 1 is 0.929 bits per heavy atom. The third-order valence-corrected chi connectivity index (χ3v) is 15.8. The predicted octanol–water partition coefficient (Wildman–Crippen LogP) is 5.54. The molecule has 3 fully saturated rings. The number of fused-ring (bicyclic) bond motifs is 13. The van der Waals surface area contributed by atoms with Gasteiger partial charge in [0.15, 0.2) is 5.75 Å². The maximum atomic E-state index is 14.9. The quantitative estimate of drug-likeness (QED) is 0.196. The van der Waals surface area contributed by atoms with Gasteiger partial charge in [-0.1, -0.05) is 59.8 Å². The van der Waals surface area contributed by atoms with Crippen molar-refractivity contribution in [2.45, 2.75) is 149 Å². The molecule has 6 aliphatic heterocycles. The Hall–Kier alpha value is -5.07. The molecule has 0 unspecified atom stereocenters. The lowest BCUT2D eigenvalue weighted by Gasteiger charge is -2.38. The highest BCUT2D eigenvalue weighted by atomic mass is 16.7. The van der Waals surface area contributed by atoms with Gasteiger partial charge in [0.2, 0.25) is 0 Å². The van der Waals surface area contributed by atoms with Gasteiger partial charge in [-0.25, -0.2) is 9.79 Å². The number of likely N-dealkylation sites (tertiary alicyclic amines) is 2. The largest absolute Gasteiger partial charge is 0.507 e. The second-order valence-electron chi connectivity index (χ2n) is 21.5. The lowest BCUT2D eigenvalue weighted by atomic mass is 9.78. The number of aliphatic hydroxyl groups is 2. The predicted molar refractivity (Wildman–Crippen MR) is 263 cm³/mol. The standard InChI is InChI=1S/C53H74N6O11/c1-27(2)26-58-23-19-53(20-24-58)56-40-37-38-45(62)33(8)48-39(37)49(64)52(9,70-48)68-25-18-36(67-10)30(5)47(69-51(66)54-34-16-21-59(22-17-34)35-14-15-35)32(7)44(61)31(6)43(60)28(3)12-11-13-29(4)50(65)55-42(46(38)63)41(40)57-53/h11-13,18,25,27-28,30-32,34-36,43-44,47,56,60-63H,14-17,19-24,26H2,1-10H3,(H,54,66)/b12-11+,25-18+,29-13-,55-42?/t28-,30+,31+,32+,36-,43-,44+,47+,52-/m0/s1. The molecule has 5 bridgehead atoms. The smallest absolute Gasteiger partial charge is 0.407 e. The lowest BCUT2D eigenvalue weighted by molar-refractivity contribution is -0.114. The first-order valence-electron chi connectivity index (χ1n) is 25.3. The van der Waals surface area contributed by atoms with E-state index in [1.165, 1.54) is 33.1 Å². The van der Waals surface area contributed by atoms with Gasteiger partial charge in [0, 0.05) is 112 Å². The number of hydrogen-bond acceptors (Lipinski definition) is 15. The number of rotatable bonds is 6. The number of carbonyl (C=O) groups excluding carboxylic acids is 3. The summed E-state index contributed by atoms with van der Waals surface area (Å²) in [5.74, 6) is -6.14. The monoisotopic (exact) mass is 971 g/mol. The van der Waals surface area contributed by atoms with Gasteiger partial charge in [0.1, 0.15) is 34.0 Å². The summed E-state index contributed by atoms with van der Waals surface area (Å²) in [5, 5.41) is 54.5. The highest BCUT2D eigenvalue weighted by Crippen LogP contribution is 2.51. The van der Waals surface area contributed by atoms with Crippen molar-refractivity contribution in [1.29, 1.82) is 0 Å². The van der Waals surface area contributed by atoms with E-state index < -0.39 is 83.1 Å². The summed E-state index contributed by atoms with van der Waals surface area (Å²) >= 11 is 0. The number of amides is 2. The van der Waals surface area contributed by atoms with Gasteiger partial charge in [-0.15, -0.1) is 0 Å². The van der Waals surface area contributed by atoms with Crippen LogP contribution in [-0.2, 0) is 19.0 Å². The molecule has 0 radical (unpaired) electrons. The summed E-state index contributed by atoms with van der Waals surface area (Å²) in [7, 11) is 1.50. The first kappa shape index (κ1) is 51.3. The number of allylic oxidation sites excluding steroid dienone is 2. The second-order valence-corrected chi connectivity index (χ2v) is 21.5. The van der Waals surface area contributed by atoms with Crippen LogP contribution in [0.25, 0.3) is 10.8 Å². The van der Waals surface area contributed by atoms with Crippen molar-refractivity contribution in [2.75, 3.05) is 45.2 Å². The molecule has 6 heterocycles. The number of anilines is 1. The number of methoxy groups -OCH3 is 1. The molecule has 1 spiro atoms. The number of benzene rings is 2. The van der Waals surface area contributed by atoms with Gasteiger partial charge in [-0.3, -0.25) is 14.6 Å². The van der Waals surface area contributed by atoms with Crippen molar-refractivity contribution < 1.29 is 53.8 Å². The summed E-state index contributed by atoms with van der Waals surface area (Å²) in [4.78, 5) is 57.2. The average molecular weight is 971 g/mol. The zero-order chi connectivity index (χ0) is 50.6. The Morgan fingerprint density at radius 3 is 2.26 bits per heavy atom. The number of aliphatic hydroxyl groups excluding tert-OH is 2. The van der Waals surface area contributed by atoms with E-state index in [1.807, 2.05) is 6.92 Å². The highest BCUT2D eigenvalue weighted by molar-refractivity contribution is 6.21. The number of alkyl carbamates (subject to hydrolysis) is 1. The number of hydrogen-bond donors (Lipinski definition) is 6. The van der Waals surface area contributed by atoms with Crippen LogP contribution in [0.15, 0.2) is 46.1 Å². The van der Waals surface area contributed by atoms with E-state index in [4.69, 9.17) is 23.9 Å². The topological polar surface area (TPSA) is 224 Å². The number of ketones is 1. The van der Waals surface area contributed by atoms with E-state index >= 15 is 0 Å². The first-order valence-corrected chi connectivity index (χ1v) is 25.3. The fourth-order valence-corrected chi connectivity index (χ4v) is 11.2. The minimum atomic E-state index is -1.97. The number of ether oxygens (including phenoxy) is 4. The summed E-state index contributed by atoms with van der Waals surface area (Å²) in [6, 6.07) is 0.572. The molecule has 0 aromatic heterocycles. The van der Waals surface area contributed by atoms with Gasteiger partial charge < -0.3 is 59.8 Å². The minimum Gasteiger partial charge on any atom is -0.507 e. The van der Waals surface area contributed by atoms with Crippen molar-refractivity contribution in [1.82, 2.24) is 15.1 Å². The van der Waals surface area contributed by atoms with Crippen LogP contribution in [0.5, 0.6) is 17.2 Å². The molecule has 382 valence electrons. The van der Waals surface area contributed by atoms with Crippen LogP contribution in [0.3, 0.4) is 0 Å². The van der Waals surface area contributed by atoms with Crippen molar-refractivity contribution in [3.8, 4) is 17.2 Å². The molecule has 9 rings (SSSR count). The van der Waals surface area contributed by atoms with Crippen LogP contribution in [0.2, 0.25) is 0 Å². The fourth-order valence-electron chi connectivity index (χ4n) is 11.2. The number of nitrogens with zero attached hydrogens (tertiary/aromatic N) is 4. The Labute approximate surface area is 410 Å². The van der Waals surface area contributed by atoms with Crippen molar-refractivity contribution in [2.24, 2.45) is 39.6 Å². The van der Waals surface area contributed by atoms with Crippen LogP contribution in [0.4, 0.5) is 10.5 Å². The van der Waals surface area contributed by atoms with E-state index in [0.29, 0.717) is 30.5 Å². The molecular formula is C53H74N6O11. The van der Waals surface area contributed by atoms with Crippen LogP contribution in [-0.4, -0.2) is 136 Å². The molecule has 7 aliphatic rings. The van der Waals surface area contributed by atoms with Crippen molar-refractivity contribution in [3.63, 3.8) is 0 Å². The molecular weight excluding hydrogens is 897 g/mol. The number of carbonyl (C=O) groups is 3. The number of piperidine rings is 2. The van der Waals surface area contributed by atoms with Crippen LogP contribution >= 0.6 is 0 Å². The lowest BCUT2D eigenvalue weighted by Crippen LogP contribution is -2.50. The molecule has 17 heteroatoms. The zero-order valence-corrected chi connectivity index (χ0v) is 42.5. The molecule has 2 saturated heterocycles. The molecule has 6 N–H and O–H groups in total. The first-order chi connectivity index (χ1) is 33.2. The normalized spacial score (nSPS) is 32.9. The maximum absolute atomic E-state index is 14.9. The molecule has 17 nitrogen and oxygen atoms in total. The zero-order valence-electron chi connectivity index (χ0n) is 42.5. The third kappa shape index (κ3) is 9.93. The fraction of sp³-hybridized carbons (Fsp3) is 0.642. The number of phenols is 2. The van der Waals surface area contributed by atoms with Crippen LogP contribution in [0.1, 0.15) is 110 Å². The van der Waals surface area contributed by atoms with Gasteiger partial charge in [-0.2, -0.15) is 0 Å². The Kier molecular flexibility index (Phi) is 14.8. The summed E-state index contributed by atoms with van der Waals surface area (Å²) in [6.45, 7) is 20.2. The van der Waals surface area contributed by atoms with E-state index in [-0.39, 0.29) is 55.7 Å². The van der Waals surface area contributed by atoms with E-state index in [1.54, 1.807) is 58.9 Å². The van der Waals surface area contributed by atoms with E-state index in [0.717, 1.165) is 45.6 Å². The second kappa shape index (κ2) is 20.2. The van der Waals surface area contributed by atoms with Gasteiger partial charge in [0.05, 0.1) is 41.2 Å². The molecule has 9 atom stereocenters. The summed E-state index contributed by atoms with van der Waals surface area (Å²) in [5.41, 5.74) is -0.110. The number of aromatic hydroxyl groups is 2. The number of Topliss-reactive ketones (excluding diaryl/α,β-unsaturated/α-hetero) is 1. The SMILES string of the molecule is CO[C@H]1/C=C/O[C@@]2(C)Oc3c(C)c(O)c4c(O)c(c5c(c4c3C2=O)NC2(CCN(CC(C)C)CC2)N=5)=NC(=O)/C(C)=C\C=C\[C@H](C)[C@H](O)[C@@H](C)[C@@H](O)[C@@H](C)[C@H](OC(=O)NC2CCN(C3CC3)CC2)[C@@H]1C. The molecule has 2 aromatic carbocycles. The van der Waals surface area contributed by atoms with Gasteiger partial charge >= 0.3 is 11.9 Å².